The molecule has 0 saturated heterocycles. The molecule has 40 heavy (non-hydrogen) atoms. The van der Waals surface area contributed by atoms with Crippen LogP contribution in [-0.4, -0.2) is 57.1 Å². The van der Waals surface area contributed by atoms with Gasteiger partial charge in [-0.05, 0) is 73.2 Å². The summed E-state index contributed by atoms with van der Waals surface area (Å²) in [6.45, 7) is 1.82. The summed E-state index contributed by atoms with van der Waals surface area (Å²) < 4.78 is 0. The molecule has 0 heterocycles. The first-order chi connectivity index (χ1) is 19.2. The molecule has 2 atom stereocenters. The molecule has 3 aromatic carbocycles. The van der Waals surface area contributed by atoms with Crippen LogP contribution in [0.4, 0.5) is 11.4 Å². The van der Waals surface area contributed by atoms with Crippen molar-refractivity contribution < 1.29 is 35.1 Å². The maximum absolute atomic E-state index is 12.4. The average Bonchev–Trinajstić information content (AvgIpc) is 2.95. The normalized spacial score (nSPS) is 11.8. The number of benzene rings is 3. The van der Waals surface area contributed by atoms with Gasteiger partial charge >= 0.3 is 0 Å². The van der Waals surface area contributed by atoms with Crippen molar-refractivity contribution in [3.05, 3.63) is 95.1 Å². The summed E-state index contributed by atoms with van der Waals surface area (Å²) in [5.41, 5.74) is 4.70. The molecule has 3 rings (SSSR count). The van der Waals surface area contributed by atoms with Gasteiger partial charge in [-0.2, -0.15) is 0 Å². The van der Waals surface area contributed by atoms with Crippen LogP contribution in [0.2, 0.25) is 0 Å². The van der Waals surface area contributed by atoms with E-state index in [1.807, 2.05) is 0 Å². The molecule has 0 aromatic heterocycles. The number of amides is 3. The lowest BCUT2D eigenvalue weighted by Crippen LogP contribution is -2.51. The number of aliphatic hydroxyl groups excluding tert-OH is 1. The van der Waals surface area contributed by atoms with Gasteiger partial charge in [0.05, 0.1) is 18.3 Å². The SMILES string of the molecule is C[C@@H](O)[C@H](NC(=O)c1ccc(C#Cc2ccc(NC(=O)CNCc3ccc(N(O)O)cc3)cc2)cc1)C(=O)NO. The molecule has 12 nitrogen and oxygen atoms in total. The van der Waals surface area contributed by atoms with Gasteiger partial charge in [-0.15, -0.1) is 5.23 Å². The number of anilines is 2. The number of nitrogens with one attached hydrogen (secondary N) is 4. The maximum atomic E-state index is 12.4. The number of carbonyl (C=O) groups excluding carboxylic acids is 3. The highest BCUT2D eigenvalue weighted by molar-refractivity contribution is 5.97. The van der Waals surface area contributed by atoms with Gasteiger partial charge in [0.25, 0.3) is 11.8 Å². The molecule has 0 aliphatic rings. The molecule has 0 bridgehead atoms. The van der Waals surface area contributed by atoms with E-state index in [1.165, 1.54) is 36.7 Å². The molecular weight excluding hydrogens is 518 g/mol. The fourth-order valence-corrected chi connectivity index (χ4v) is 3.46. The van der Waals surface area contributed by atoms with Crippen LogP contribution in [0.3, 0.4) is 0 Å². The Balaban J connectivity index is 1.48. The number of rotatable bonds is 10. The lowest BCUT2D eigenvalue weighted by molar-refractivity contribution is -0.133. The summed E-state index contributed by atoms with van der Waals surface area (Å²) >= 11 is 0. The van der Waals surface area contributed by atoms with Crippen LogP contribution in [0.25, 0.3) is 0 Å². The van der Waals surface area contributed by atoms with E-state index in [9.17, 15) is 19.5 Å². The summed E-state index contributed by atoms with van der Waals surface area (Å²) in [7, 11) is 0. The zero-order chi connectivity index (χ0) is 29.1. The minimum atomic E-state index is -1.31. The Labute approximate surface area is 230 Å². The molecule has 0 unspecified atom stereocenters. The Morgan fingerprint density at radius 3 is 1.98 bits per heavy atom. The third kappa shape index (κ3) is 8.91. The molecule has 0 saturated carbocycles. The predicted molar refractivity (Wildman–Crippen MR) is 145 cm³/mol. The highest BCUT2D eigenvalue weighted by Crippen LogP contribution is 2.12. The van der Waals surface area contributed by atoms with E-state index in [-0.39, 0.29) is 28.9 Å². The second-order valence-electron chi connectivity index (χ2n) is 8.68. The van der Waals surface area contributed by atoms with E-state index in [4.69, 9.17) is 15.6 Å². The molecule has 0 fully saturated rings. The molecule has 0 aliphatic heterocycles. The van der Waals surface area contributed by atoms with Gasteiger partial charge in [0.1, 0.15) is 6.04 Å². The minimum absolute atomic E-state index is 0.0308. The van der Waals surface area contributed by atoms with Crippen molar-refractivity contribution in [3.8, 4) is 11.8 Å². The van der Waals surface area contributed by atoms with Crippen molar-refractivity contribution in [2.24, 2.45) is 0 Å². The Hall–Kier alpha value is -4.77. The van der Waals surface area contributed by atoms with Crippen LogP contribution < -0.4 is 26.7 Å². The minimum Gasteiger partial charge on any atom is -0.391 e. The van der Waals surface area contributed by atoms with Crippen molar-refractivity contribution in [2.75, 3.05) is 17.1 Å². The predicted octanol–water partition coefficient (Wildman–Crippen LogP) is 1.38. The molecule has 3 amide bonds. The van der Waals surface area contributed by atoms with Crippen molar-refractivity contribution in [3.63, 3.8) is 0 Å². The van der Waals surface area contributed by atoms with Crippen LogP contribution in [0.1, 0.15) is 34.0 Å². The van der Waals surface area contributed by atoms with Crippen molar-refractivity contribution in [2.45, 2.75) is 25.6 Å². The molecule has 3 aromatic rings. The summed E-state index contributed by atoms with van der Waals surface area (Å²) in [6.07, 6.45) is -1.21. The van der Waals surface area contributed by atoms with Gasteiger partial charge in [0.2, 0.25) is 5.91 Å². The zero-order valence-electron chi connectivity index (χ0n) is 21.5. The van der Waals surface area contributed by atoms with E-state index in [1.54, 1.807) is 48.5 Å². The molecule has 208 valence electrons. The summed E-state index contributed by atoms with van der Waals surface area (Å²) in [6, 6.07) is 18.5. The zero-order valence-corrected chi connectivity index (χ0v) is 21.5. The first-order valence-corrected chi connectivity index (χ1v) is 12.1. The monoisotopic (exact) mass is 547 g/mol. The van der Waals surface area contributed by atoms with Gasteiger partial charge in [-0.1, -0.05) is 24.0 Å². The first-order valence-electron chi connectivity index (χ1n) is 12.1. The number of aliphatic hydroxyl groups is 1. The highest BCUT2D eigenvalue weighted by Gasteiger charge is 2.25. The van der Waals surface area contributed by atoms with Gasteiger partial charge in [0.15, 0.2) is 0 Å². The largest absolute Gasteiger partial charge is 0.391 e. The Morgan fingerprint density at radius 2 is 1.45 bits per heavy atom. The second kappa shape index (κ2) is 14.4. The summed E-state index contributed by atoms with van der Waals surface area (Å²) in [4.78, 5) is 36.2. The topological polar surface area (TPSA) is 183 Å². The van der Waals surface area contributed by atoms with Crippen molar-refractivity contribution in [1.29, 1.82) is 0 Å². The van der Waals surface area contributed by atoms with Gasteiger partial charge in [0, 0.05) is 28.9 Å². The molecule has 12 heteroatoms. The van der Waals surface area contributed by atoms with Crippen LogP contribution in [-0.2, 0) is 16.1 Å². The third-order valence-corrected chi connectivity index (χ3v) is 5.61. The number of hydrogen-bond donors (Lipinski definition) is 8. The molecule has 8 N–H and O–H groups in total. The van der Waals surface area contributed by atoms with Crippen LogP contribution in [0.5, 0.6) is 0 Å². The fraction of sp³-hybridized carbons (Fsp3) is 0.179. The van der Waals surface area contributed by atoms with Crippen LogP contribution in [0.15, 0.2) is 72.8 Å². The van der Waals surface area contributed by atoms with Gasteiger partial charge in [-0.3, -0.25) is 30.0 Å². The van der Waals surface area contributed by atoms with E-state index < -0.39 is 24.0 Å². The number of hydrogen-bond acceptors (Lipinski definition) is 9. The summed E-state index contributed by atoms with van der Waals surface area (Å²) in [5.74, 6) is 4.22. The van der Waals surface area contributed by atoms with Crippen molar-refractivity contribution in [1.82, 2.24) is 16.1 Å². The Bertz CT molecular complexity index is 1360. The standard InChI is InChI=1S/C28H29N5O7/c1-18(34)26(28(37)32-38)31-27(36)22-10-4-19(5-11-22)2-3-20-6-12-23(13-7-20)30-25(35)17-29-16-21-8-14-24(15-9-21)33(39)40/h4-15,18,26,29,34,38-40H,16-17H2,1H3,(H,30,35)(H,31,36)(H,32,37)/t18-,26+/m1/s1. The van der Waals surface area contributed by atoms with Crippen LogP contribution in [0, 0.1) is 11.8 Å². The fourth-order valence-electron chi connectivity index (χ4n) is 3.46. The smallest absolute Gasteiger partial charge is 0.268 e. The van der Waals surface area contributed by atoms with E-state index >= 15 is 0 Å². The third-order valence-electron chi connectivity index (χ3n) is 5.61. The summed E-state index contributed by atoms with van der Waals surface area (Å²) in [5, 5.41) is 44.5. The number of carbonyl (C=O) groups is 3. The Morgan fingerprint density at radius 1 is 0.875 bits per heavy atom. The van der Waals surface area contributed by atoms with E-state index in [0.29, 0.717) is 23.4 Å². The molecule has 0 radical (unpaired) electrons. The molecule has 0 spiro atoms. The quantitative estimate of drug-likeness (QED) is 0.106. The molecular formula is C28H29N5O7. The second-order valence-corrected chi connectivity index (χ2v) is 8.68. The van der Waals surface area contributed by atoms with Crippen molar-refractivity contribution >= 4 is 29.1 Å². The number of hydroxylamine groups is 1. The van der Waals surface area contributed by atoms with E-state index in [0.717, 1.165) is 5.56 Å². The molecule has 0 aliphatic carbocycles. The van der Waals surface area contributed by atoms with Gasteiger partial charge in [-0.25, -0.2) is 5.48 Å². The maximum Gasteiger partial charge on any atom is 0.268 e. The lowest BCUT2D eigenvalue weighted by Gasteiger charge is -2.19. The Kier molecular flexibility index (Phi) is 10.7. The van der Waals surface area contributed by atoms with E-state index in [2.05, 4.69) is 27.8 Å². The highest BCUT2D eigenvalue weighted by atomic mass is 16.8. The lowest BCUT2D eigenvalue weighted by atomic mass is 10.1. The average molecular weight is 548 g/mol. The van der Waals surface area contributed by atoms with Gasteiger partial charge < -0.3 is 21.1 Å². The first kappa shape index (κ1) is 29.8. The van der Waals surface area contributed by atoms with Crippen LogP contribution >= 0.6 is 0 Å². The number of nitrogens with zero attached hydrogens (tertiary/aromatic N) is 1.